The van der Waals surface area contributed by atoms with Gasteiger partial charge in [0.15, 0.2) is 5.58 Å². The molecule has 0 amide bonds. The number of benzene rings is 1. The van der Waals surface area contributed by atoms with Crippen LogP contribution in [0.15, 0.2) is 22.7 Å². The quantitative estimate of drug-likeness (QED) is 0.706. The lowest BCUT2D eigenvalue weighted by atomic mass is 10.1. The number of fused-ring (bicyclic) bond motifs is 1. The van der Waals surface area contributed by atoms with Gasteiger partial charge in [0.1, 0.15) is 0 Å². The molecule has 0 saturated heterocycles. The summed E-state index contributed by atoms with van der Waals surface area (Å²) in [6.45, 7) is 3.99. The normalized spacial score (nSPS) is 10.5. The maximum atomic E-state index is 11.4. The number of carbonyl (C=O) groups excluding carboxylic acids is 1. The number of rotatable bonds is 2. The van der Waals surface area contributed by atoms with E-state index in [9.17, 15) is 4.79 Å². The second-order valence-electron chi connectivity index (χ2n) is 3.20. The van der Waals surface area contributed by atoms with Gasteiger partial charge in [0, 0.05) is 5.39 Å². The van der Waals surface area contributed by atoms with Gasteiger partial charge < -0.3 is 9.26 Å². The van der Waals surface area contributed by atoms with Crippen LogP contribution in [0.5, 0.6) is 0 Å². The van der Waals surface area contributed by atoms with Crippen molar-refractivity contribution in [2.24, 2.45) is 0 Å². The number of aryl methyl sites for hydroxylation is 1. The molecule has 0 radical (unpaired) electrons. The molecule has 0 fully saturated rings. The van der Waals surface area contributed by atoms with Crippen molar-refractivity contribution < 1.29 is 14.1 Å². The third-order valence-electron chi connectivity index (χ3n) is 2.16. The fourth-order valence-corrected chi connectivity index (χ4v) is 1.40. The van der Waals surface area contributed by atoms with E-state index in [0.29, 0.717) is 17.8 Å². The average molecular weight is 205 g/mol. The zero-order valence-corrected chi connectivity index (χ0v) is 8.61. The molecule has 4 nitrogen and oxygen atoms in total. The third kappa shape index (κ3) is 1.70. The van der Waals surface area contributed by atoms with Crippen LogP contribution in [-0.4, -0.2) is 17.7 Å². The molecule has 0 aliphatic rings. The molecular formula is C11H11NO3. The highest BCUT2D eigenvalue weighted by Crippen LogP contribution is 2.19. The van der Waals surface area contributed by atoms with Crippen LogP contribution in [0.25, 0.3) is 11.0 Å². The zero-order chi connectivity index (χ0) is 10.8. The molecule has 4 heteroatoms. The molecule has 15 heavy (non-hydrogen) atoms. The summed E-state index contributed by atoms with van der Waals surface area (Å²) < 4.78 is 9.94. The van der Waals surface area contributed by atoms with Crippen LogP contribution in [0.4, 0.5) is 0 Å². The Hall–Kier alpha value is -1.84. The number of carbonyl (C=O) groups is 1. The van der Waals surface area contributed by atoms with Crippen LogP contribution in [0, 0.1) is 6.92 Å². The molecule has 0 aliphatic carbocycles. The minimum atomic E-state index is -0.319. The Morgan fingerprint density at radius 2 is 2.33 bits per heavy atom. The molecule has 0 atom stereocenters. The Kier molecular flexibility index (Phi) is 2.41. The molecule has 0 aliphatic heterocycles. The standard InChI is InChI=1S/C11H11NO3/c1-3-14-11(13)8-4-5-10-9(6-8)7(2)12-15-10/h4-6H,3H2,1-2H3. The highest BCUT2D eigenvalue weighted by molar-refractivity contribution is 5.94. The van der Waals surface area contributed by atoms with E-state index in [0.717, 1.165) is 11.1 Å². The van der Waals surface area contributed by atoms with E-state index in [1.54, 1.807) is 25.1 Å². The molecule has 1 aromatic heterocycles. The third-order valence-corrected chi connectivity index (χ3v) is 2.16. The van der Waals surface area contributed by atoms with E-state index in [1.807, 2.05) is 6.92 Å². The molecule has 0 unspecified atom stereocenters. The van der Waals surface area contributed by atoms with Crippen molar-refractivity contribution in [2.75, 3.05) is 6.61 Å². The largest absolute Gasteiger partial charge is 0.462 e. The second kappa shape index (κ2) is 3.73. The Bertz CT molecular complexity index is 502. The first-order valence-electron chi connectivity index (χ1n) is 4.75. The molecular weight excluding hydrogens is 194 g/mol. The first-order chi connectivity index (χ1) is 7.22. The van der Waals surface area contributed by atoms with Gasteiger partial charge in [-0.15, -0.1) is 0 Å². The van der Waals surface area contributed by atoms with Crippen LogP contribution in [0.3, 0.4) is 0 Å². The maximum absolute atomic E-state index is 11.4. The molecule has 0 spiro atoms. The van der Waals surface area contributed by atoms with E-state index >= 15 is 0 Å². The van der Waals surface area contributed by atoms with Gasteiger partial charge in [-0.3, -0.25) is 0 Å². The Morgan fingerprint density at radius 1 is 1.53 bits per heavy atom. The van der Waals surface area contributed by atoms with Crippen molar-refractivity contribution in [1.82, 2.24) is 5.16 Å². The number of ether oxygens (including phenoxy) is 1. The summed E-state index contributed by atoms with van der Waals surface area (Å²) in [5, 5.41) is 4.66. The zero-order valence-electron chi connectivity index (χ0n) is 8.61. The van der Waals surface area contributed by atoms with Gasteiger partial charge in [-0.1, -0.05) is 5.16 Å². The van der Waals surface area contributed by atoms with Crippen molar-refractivity contribution >= 4 is 16.9 Å². The first-order valence-corrected chi connectivity index (χ1v) is 4.75. The number of hydrogen-bond donors (Lipinski definition) is 0. The average Bonchev–Trinajstić information content (AvgIpc) is 2.60. The fraction of sp³-hybridized carbons (Fsp3) is 0.273. The van der Waals surface area contributed by atoms with E-state index in [2.05, 4.69) is 5.16 Å². The van der Waals surface area contributed by atoms with Gasteiger partial charge in [-0.05, 0) is 32.0 Å². The molecule has 78 valence electrons. The molecule has 1 heterocycles. The van der Waals surface area contributed by atoms with E-state index in [4.69, 9.17) is 9.26 Å². The van der Waals surface area contributed by atoms with Crippen LogP contribution in [0.2, 0.25) is 0 Å². The van der Waals surface area contributed by atoms with Crippen molar-refractivity contribution in [3.63, 3.8) is 0 Å². The van der Waals surface area contributed by atoms with Crippen LogP contribution in [-0.2, 0) is 4.74 Å². The maximum Gasteiger partial charge on any atom is 0.338 e. The molecule has 1 aromatic carbocycles. The summed E-state index contributed by atoms with van der Waals surface area (Å²) in [4.78, 5) is 11.4. The van der Waals surface area contributed by atoms with Gasteiger partial charge in [0.25, 0.3) is 0 Å². The summed E-state index contributed by atoms with van der Waals surface area (Å²) in [7, 11) is 0. The van der Waals surface area contributed by atoms with Gasteiger partial charge >= 0.3 is 5.97 Å². The van der Waals surface area contributed by atoms with Crippen molar-refractivity contribution in [2.45, 2.75) is 13.8 Å². The Labute approximate surface area is 86.8 Å². The van der Waals surface area contributed by atoms with Gasteiger partial charge in [-0.25, -0.2) is 4.79 Å². The Morgan fingerprint density at radius 3 is 3.07 bits per heavy atom. The lowest BCUT2D eigenvalue weighted by molar-refractivity contribution is 0.0526. The van der Waals surface area contributed by atoms with E-state index in [-0.39, 0.29) is 5.97 Å². The molecule has 0 N–H and O–H groups in total. The lowest BCUT2D eigenvalue weighted by Crippen LogP contribution is -2.03. The molecule has 0 bridgehead atoms. The smallest absolute Gasteiger partial charge is 0.338 e. The van der Waals surface area contributed by atoms with Crippen molar-refractivity contribution in [1.29, 1.82) is 0 Å². The summed E-state index contributed by atoms with van der Waals surface area (Å²) in [5.74, 6) is -0.319. The minimum absolute atomic E-state index is 0.319. The highest BCUT2D eigenvalue weighted by atomic mass is 16.5. The molecule has 2 aromatic rings. The number of esters is 1. The van der Waals surface area contributed by atoms with Crippen LogP contribution >= 0.6 is 0 Å². The van der Waals surface area contributed by atoms with E-state index < -0.39 is 0 Å². The van der Waals surface area contributed by atoms with Gasteiger partial charge in [0.2, 0.25) is 0 Å². The van der Waals surface area contributed by atoms with Crippen LogP contribution in [0.1, 0.15) is 23.0 Å². The first kappa shape index (κ1) is 9.71. The summed E-state index contributed by atoms with van der Waals surface area (Å²) in [6, 6.07) is 5.13. The molecule has 2 rings (SSSR count). The number of hydrogen-bond acceptors (Lipinski definition) is 4. The highest BCUT2D eigenvalue weighted by Gasteiger charge is 2.10. The minimum Gasteiger partial charge on any atom is -0.462 e. The van der Waals surface area contributed by atoms with E-state index in [1.165, 1.54) is 0 Å². The Balaban J connectivity index is 2.45. The topological polar surface area (TPSA) is 52.3 Å². The number of aromatic nitrogens is 1. The van der Waals surface area contributed by atoms with Crippen molar-refractivity contribution in [3.05, 3.63) is 29.5 Å². The van der Waals surface area contributed by atoms with Gasteiger partial charge in [-0.2, -0.15) is 0 Å². The fourth-order valence-electron chi connectivity index (χ4n) is 1.40. The summed E-state index contributed by atoms with van der Waals surface area (Å²) in [5.41, 5.74) is 1.98. The predicted octanol–water partition coefficient (Wildman–Crippen LogP) is 2.31. The summed E-state index contributed by atoms with van der Waals surface area (Å²) >= 11 is 0. The molecule has 0 saturated carbocycles. The second-order valence-corrected chi connectivity index (χ2v) is 3.20. The van der Waals surface area contributed by atoms with Crippen LogP contribution < -0.4 is 0 Å². The summed E-state index contributed by atoms with van der Waals surface area (Å²) in [6.07, 6.45) is 0. The van der Waals surface area contributed by atoms with Gasteiger partial charge in [0.05, 0.1) is 17.9 Å². The predicted molar refractivity (Wildman–Crippen MR) is 54.7 cm³/mol. The number of nitrogens with zero attached hydrogens (tertiary/aromatic N) is 1. The lowest BCUT2D eigenvalue weighted by Gasteiger charge is -2.00. The monoisotopic (exact) mass is 205 g/mol. The van der Waals surface area contributed by atoms with Crippen molar-refractivity contribution in [3.8, 4) is 0 Å². The SMILES string of the molecule is CCOC(=O)c1ccc2onc(C)c2c1.